The first-order valence-electron chi connectivity index (χ1n) is 11.0. The zero-order valence-corrected chi connectivity index (χ0v) is 19.1. The Kier molecular flexibility index (Phi) is 6.58. The summed E-state index contributed by atoms with van der Waals surface area (Å²) in [6, 6.07) is 17.3. The number of nitrogens with one attached hydrogen (secondary N) is 1. The summed E-state index contributed by atoms with van der Waals surface area (Å²) in [5.41, 5.74) is 2.44. The number of aromatic nitrogens is 2. The van der Waals surface area contributed by atoms with Gasteiger partial charge in [0.05, 0.1) is 0 Å². The third kappa shape index (κ3) is 6.10. The molecule has 1 aliphatic rings. The number of nitrogens with zero attached hydrogens (tertiary/aromatic N) is 3. The Morgan fingerprint density at radius 2 is 1.79 bits per heavy atom. The molecule has 33 heavy (non-hydrogen) atoms. The van der Waals surface area contributed by atoms with Gasteiger partial charge < -0.3 is 19.7 Å². The van der Waals surface area contributed by atoms with E-state index in [1.54, 1.807) is 17.3 Å². The van der Waals surface area contributed by atoms with Crippen LogP contribution in [0.25, 0.3) is 5.57 Å². The first kappa shape index (κ1) is 22.3. The molecule has 3 heterocycles. The van der Waals surface area contributed by atoms with Crippen LogP contribution in [-0.2, 0) is 4.74 Å². The highest BCUT2D eigenvalue weighted by Gasteiger charge is 2.24. The molecule has 0 saturated heterocycles. The molecule has 1 aliphatic heterocycles. The van der Waals surface area contributed by atoms with Crippen LogP contribution in [0.2, 0.25) is 0 Å². The number of carbonyl (C=O) groups is 1. The highest BCUT2D eigenvalue weighted by Crippen LogP contribution is 2.32. The molecule has 0 unspecified atom stereocenters. The van der Waals surface area contributed by atoms with E-state index in [1.165, 1.54) is 0 Å². The zero-order valence-electron chi connectivity index (χ0n) is 19.1. The van der Waals surface area contributed by atoms with E-state index in [1.807, 2.05) is 81.4 Å². The maximum atomic E-state index is 12.3. The number of hydrogen-bond donors (Lipinski definition) is 1. The second-order valence-corrected chi connectivity index (χ2v) is 8.73. The average Bonchev–Trinajstić information content (AvgIpc) is 2.80. The van der Waals surface area contributed by atoms with Crippen molar-refractivity contribution in [3.63, 3.8) is 0 Å². The van der Waals surface area contributed by atoms with Gasteiger partial charge in [-0.05, 0) is 81.3 Å². The average molecular weight is 445 g/mol. The van der Waals surface area contributed by atoms with E-state index in [0.29, 0.717) is 31.1 Å². The maximum absolute atomic E-state index is 12.3. The highest BCUT2D eigenvalue weighted by molar-refractivity contribution is 5.74. The van der Waals surface area contributed by atoms with E-state index in [2.05, 4.69) is 15.3 Å². The fourth-order valence-corrected chi connectivity index (χ4v) is 3.43. The monoisotopic (exact) mass is 444 g/mol. The van der Waals surface area contributed by atoms with Crippen molar-refractivity contribution < 1.29 is 14.3 Å². The topological polar surface area (TPSA) is 76.6 Å². The predicted molar refractivity (Wildman–Crippen MR) is 129 cm³/mol. The Morgan fingerprint density at radius 1 is 1.00 bits per heavy atom. The zero-order chi connectivity index (χ0) is 23.3. The molecule has 3 aromatic rings. The molecule has 1 amide bonds. The maximum Gasteiger partial charge on any atom is 0.410 e. The number of rotatable bonds is 5. The van der Waals surface area contributed by atoms with Gasteiger partial charge in [-0.15, -0.1) is 0 Å². The van der Waals surface area contributed by atoms with E-state index in [-0.39, 0.29) is 6.09 Å². The lowest BCUT2D eigenvalue weighted by Crippen LogP contribution is -2.39. The van der Waals surface area contributed by atoms with Gasteiger partial charge in [0.1, 0.15) is 17.2 Å². The Hall–Kier alpha value is -3.87. The lowest BCUT2D eigenvalue weighted by atomic mass is 10.0. The molecule has 1 N–H and O–H groups in total. The van der Waals surface area contributed by atoms with Gasteiger partial charge in [-0.25, -0.2) is 14.8 Å². The second kappa shape index (κ2) is 9.73. The van der Waals surface area contributed by atoms with Crippen LogP contribution in [0.3, 0.4) is 0 Å². The van der Waals surface area contributed by atoms with Crippen molar-refractivity contribution in [2.75, 3.05) is 18.4 Å². The van der Waals surface area contributed by atoms with Gasteiger partial charge in [0, 0.05) is 36.7 Å². The van der Waals surface area contributed by atoms with Crippen LogP contribution in [0, 0.1) is 0 Å². The summed E-state index contributed by atoms with van der Waals surface area (Å²) in [6.07, 6.45) is 5.91. The van der Waals surface area contributed by atoms with E-state index < -0.39 is 5.60 Å². The number of anilines is 2. The molecule has 0 bridgehead atoms. The number of amides is 1. The molecule has 4 rings (SSSR count). The summed E-state index contributed by atoms with van der Waals surface area (Å²) < 4.78 is 11.6. The van der Waals surface area contributed by atoms with Crippen molar-refractivity contribution in [1.29, 1.82) is 0 Å². The predicted octanol–water partition coefficient (Wildman–Crippen LogP) is 6.04. The minimum absolute atomic E-state index is 0.292. The Balaban J connectivity index is 1.43. The smallest absolute Gasteiger partial charge is 0.410 e. The molecule has 2 aromatic heterocycles. The number of carbonyl (C=O) groups excluding carboxylic acids is 1. The summed E-state index contributed by atoms with van der Waals surface area (Å²) in [5, 5.41) is 3.25. The number of ether oxygens (including phenoxy) is 2. The van der Waals surface area contributed by atoms with Crippen molar-refractivity contribution in [3.8, 4) is 11.6 Å². The van der Waals surface area contributed by atoms with Crippen LogP contribution in [0.15, 0.2) is 73.1 Å². The molecule has 0 saturated carbocycles. The van der Waals surface area contributed by atoms with Crippen molar-refractivity contribution in [2.45, 2.75) is 32.8 Å². The van der Waals surface area contributed by atoms with Crippen molar-refractivity contribution in [3.05, 3.63) is 78.6 Å². The highest BCUT2D eigenvalue weighted by atomic mass is 16.6. The van der Waals surface area contributed by atoms with Gasteiger partial charge in [0.15, 0.2) is 0 Å². The van der Waals surface area contributed by atoms with Gasteiger partial charge in [-0.2, -0.15) is 0 Å². The van der Waals surface area contributed by atoms with Gasteiger partial charge in [-0.1, -0.05) is 12.1 Å². The number of pyridine rings is 2. The Labute approximate surface area is 194 Å². The number of benzene rings is 1. The summed E-state index contributed by atoms with van der Waals surface area (Å²) in [7, 11) is 0. The molecule has 7 nitrogen and oxygen atoms in total. The minimum atomic E-state index is -0.506. The van der Waals surface area contributed by atoms with Crippen LogP contribution >= 0.6 is 0 Å². The minimum Gasteiger partial charge on any atom is -0.444 e. The lowest BCUT2D eigenvalue weighted by molar-refractivity contribution is 0.0270. The summed E-state index contributed by atoms with van der Waals surface area (Å²) in [5.74, 6) is 2.01. The van der Waals surface area contributed by atoms with E-state index >= 15 is 0 Å². The second-order valence-electron chi connectivity index (χ2n) is 8.73. The standard InChI is InChI=1S/C26H28N4O3/c1-26(2,3)33-25(31)30-17-13-19(14-18-30)22-7-6-16-28-24(22)32-21-11-9-20(10-12-21)29-23-8-4-5-15-27-23/h4-13,15-16H,14,17-18H2,1-3H3,(H,27,29). The molecule has 7 heteroatoms. The van der Waals surface area contributed by atoms with Gasteiger partial charge in [0.2, 0.25) is 5.88 Å². The van der Waals surface area contributed by atoms with Crippen LogP contribution in [-0.4, -0.2) is 39.7 Å². The summed E-state index contributed by atoms with van der Waals surface area (Å²) in [4.78, 5) is 22.8. The van der Waals surface area contributed by atoms with E-state index in [0.717, 1.165) is 22.6 Å². The van der Waals surface area contributed by atoms with E-state index in [4.69, 9.17) is 9.47 Å². The molecule has 0 spiro atoms. The first-order chi connectivity index (χ1) is 15.9. The largest absolute Gasteiger partial charge is 0.444 e. The van der Waals surface area contributed by atoms with Crippen LogP contribution in [0.1, 0.15) is 32.8 Å². The van der Waals surface area contributed by atoms with Crippen molar-refractivity contribution in [2.24, 2.45) is 0 Å². The quantitative estimate of drug-likeness (QED) is 0.517. The molecule has 0 fully saturated rings. The van der Waals surface area contributed by atoms with Gasteiger partial charge in [0.25, 0.3) is 0 Å². The molecule has 1 aromatic carbocycles. The molecular weight excluding hydrogens is 416 g/mol. The Morgan fingerprint density at radius 3 is 2.45 bits per heavy atom. The van der Waals surface area contributed by atoms with Crippen molar-refractivity contribution in [1.82, 2.24) is 14.9 Å². The van der Waals surface area contributed by atoms with Gasteiger partial charge >= 0.3 is 6.09 Å². The first-order valence-corrected chi connectivity index (χ1v) is 11.0. The fraction of sp³-hybridized carbons (Fsp3) is 0.269. The third-order valence-electron chi connectivity index (χ3n) is 4.98. The molecule has 170 valence electrons. The fourth-order valence-electron chi connectivity index (χ4n) is 3.43. The normalized spacial score (nSPS) is 13.8. The van der Waals surface area contributed by atoms with Crippen LogP contribution in [0.4, 0.5) is 16.3 Å². The van der Waals surface area contributed by atoms with Crippen LogP contribution in [0.5, 0.6) is 11.6 Å². The van der Waals surface area contributed by atoms with Crippen molar-refractivity contribution >= 4 is 23.2 Å². The number of hydrogen-bond acceptors (Lipinski definition) is 6. The SMILES string of the molecule is CC(C)(C)OC(=O)N1CC=C(c2cccnc2Oc2ccc(Nc3ccccn3)cc2)CC1. The lowest BCUT2D eigenvalue weighted by Gasteiger charge is -2.29. The van der Waals surface area contributed by atoms with Gasteiger partial charge in [-0.3, -0.25) is 0 Å². The molecule has 0 atom stereocenters. The Bertz CT molecular complexity index is 1120. The van der Waals surface area contributed by atoms with Crippen LogP contribution < -0.4 is 10.1 Å². The molecule has 0 aliphatic carbocycles. The molecular formula is C26H28N4O3. The summed E-state index contributed by atoms with van der Waals surface area (Å²) in [6.45, 7) is 6.69. The third-order valence-corrected chi connectivity index (χ3v) is 4.98. The van der Waals surface area contributed by atoms with E-state index in [9.17, 15) is 4.79 Å². The molecule has 0 radical (unpaired) electrons. The summed E-state index contributed by atoms with van der Waals surface area (Å²) >= 11 is 0.